The molecule has 1 atom stereocenters. The van der Waals surface area contributed by atoms with Crippen LogP contribution < -0.4 is 0 Å². The Morgan fingerprint density at radius 3 is 2.59 bits per heavy atom. The summed E-state index contributed by atoms with van der Waals surface area (Å²) >= 11 is 0. The zero-order valence-electron chi connectivity index (χ0n) is 12.1. The maximum absolute atomic E-state index is 4.65. The van der Waals surface area contributed by atoms with Crippen LogP contribution in [0.15, 0.2) is 18.3 Å². The van der Waals surface area contributed by atoms with Crippen molar-refractivity contribution in [2.24, 2.45) is 0 Å². The molecule has 0 spiro atoms. The third-order valence-corrected chi connectivity index (χ3v) is 3.91. The van der Waals surface area contributed by atoms with Crippen LogP contribution in [-0.2, 0) is 5.41 Å². The predicted octanol–water partition coefficient (Wildman–Crippen LogP) is 5.06. The molecule has 96 valence electrons. The average molecular weight is 233 g/mol. The van der Waals surface area contributed by atoms with E-state index in [1.807, 2.05) is 6.20 Å². The number of hydrogen-bond acceptors (Lipinski definition) is 1. The quantitative estimate of drug-likeness (QED) is 0.669. The first-order valence-electron chi connectivity index (χ1n) is 6.98. The normalized spacial score (nSPS) is 13.7. The Labute approximate surface area is 107 Å². The predicted molar refractivity (Wildman–Crippen MR) is 75.5 cm³/mol. The molecule has 1 rings (SSSR count). The standard InChI is InChI=1S/C16H27N/c1-6-8-10-13(3)15-14(11-9-12-17-15)16(4,5)7-2/h9,11-13H,6-8,10H2,1-5H3. The van der Waals surface area contributed by atoms with Gasteiger partial charge in [0.2, 0.25) is 0 Å². The lowest BCUT2D eigenvalue weighted by molar-refractivity contribution is 0.487. The Morgan fingerprint density at radius 1 is 1.29 bits per heavy atom. The van der Waals surface area contributed by atoms with Gasteiger partial charge in [-0.2, -0.15) is 0 Å². The Balaban J connectivity index is 2.99. The smallest absolute Gasteiger partial charge is 0.0469 e. The van der Waals surface area contributed by atoms with Crippen molar-refractivity contribution < 1.29 is 0 Å². The molecule has 0 fully saturated rings. The summed E-state index contributed by atoms with van der Waals surface area (Å²) in [5, 5.41) is 0. The molecule has 0 aliphatic heterocycles. The molecule has 0 saturated carbocycles. The van der Waals surface area contributed by atoms with Gasteiger partial charge < -0.3 is 0 Å². The van der Waals surface area contributed by atoms with Crippen molar-refractivity contribution in [3.05, 3.63) is 29.6 Å². The molecule has 1 unspecified atom stereocenters. The van der Waals surface area contributed by atoms with Gasteiger partial charge in [0.15, 0.2) is 0 Å². The molecule has 0 N–H and O–H groups in total. The number of nitrogens with zero attached hydrogens (tertiary/aromatic N) is 1. The van der Waals surface area contributed by atoms with E-state index >= 15 is 0 Å². The molecule has 0 amide bonds. The minimum absolute atomic E-state index is 0.240. The summed E-state index contributed by atoms with van der Waals surface area (Å²) in [5.74, 6) is 0.581. The van der Waals surface area contributed by atoms with E-state index in [9.17, 15) is 0 Å². The van der Waals surface area contributed by atoms with E-state index in [0.29, 0.717) is 5.92 Å². The van der Waals surface area contributed by atoms with Gasteiger partial charge >= 0.3 is 0 Å². The van der Waals surface area contributed by atoms with E-state index < -0.39 is 0 Å². The summed E-state index contributed by atoms with van der Waals surface area (Å²) in [6, 6.07) is 4.33. The molecule has 1 nitrogen and oxygen atoms in total. The van der Waals surface area contributed by atoms with E-state index in [-0.39, 0.29) is 5.41 Å². The Kier molecular flexibility index (Phi) is 5.17. The number of aromatic nitrogens is 1. The summed E-state index contributed by atoms with van der Waals surface area (Å²) in [6.07, 6.45) is 6.91. The van der Waals surface area contributed by atoms with E-state index in [1.165, 1.54) is 30.5 Å². The molecular formula is C16H27N. The second-order valence-electron chi connectivity index (χ2n) is 5.72. The number of unbranched alkanes of at least 4 members (excludes halogenated alkanes) is 1. The summed E-state index contributed by atoms with van der Waals surface area (Å²) in [4.78, 5) is 4.65. The van der Waals surface area contributed by atoms with Crippen LogP contribution in [-0.4, -0.2) is 4.98 Å². The van der Waals surface area contributed by atoms with E-state index in [1.54, 1.807) is 0 Å². The van der Waals surface area contributed by atoms with Gasteiger partial charge in [0, 0.05) is 11.9 Å². The van der Waals surface area contributed by atoms with E-state index in [4.69, 9.17) is 0 Å². The van der Waals surface area contributed by atoms with Crippen molar-refractivity contribution in [3.8, 4) is 0 Å². The second-order valence-corrected chi connectivity index (χ2v) is 5.72. The molecular weight excluding hydrogens is 206 g/mol. The SMILES string of the molecule is CCCCC(C)c1ncccc1C(C)(C)CC. The largest absolute Gasteiger partial charge is 0.261 e. The second kappa shape index (κ2) is 6.18. The maximum Gasteiger partial charge on any atom is 0.0469 e. The van der Waals surface area contributed by atoms with Crippen LogP contribution >= 0.6 is 0 Å². The minimum atomic E-state index is 0.240. The number of rotatable bonds is 6. The zero-order valence-corrected chi connectivity index (χ0v) is 12.1. The fourth-order valence-electron chi connectivity index (χ4n) is 2.22. The summed E-state index contributed by atoms with van der Waals surface area (Å²) in [6.45, 7) is 11.5. The molecule has 0 aliphatic carbocycles. The van der Waals surface area contributed by atoms with Crippen molar-refractivity contribution in [2.45, 2.75) is 71.6 Å². The zero-order chi connectivity index (χ0) is 12.9. The van der Waals surface area contributed by atoms with Gasteiger partial charge in [-0.1, -0.05) is 53.5 Å². The van der Waals surface area contributed by atoms with Gasteiger partial charge in [-0.3, -0.25) is 4.98 Å². The lowest BCUT2D eigenvalue weighted by atomic mass is 9.78. The van der Waals surface area contributed by atoms with Crippen LogP contribution in [0.25, 0.3) is 0 Å². The number of hydrogen-bond donors (Lipinski definition) is 0. The van der Waals surface area contributed by atoms with Crippen LogP contribution in [0.1, 0.15) is 77.5 Å². The minimum Gasteiger partial charge on any atom is -0.261 e. The topological polar surface area (TPSA) is 12.9 Å². The molecule has 0 radical (unpaired) electrons. The monoisotopic (exact) mass is 233 g/mol. The van der Waals surface area contributed by atoms with Crippen molar-refractivity contribution in [3.63, 3.8) is 0 Å². The van der Waals surface area contributed by atoms with Gasteiger partial charge in [-0.15, -0.1) is 0 Å². The third-order valence-electron chi connectivity index (χ3n) is 3.91. The lowest BCUT2D eigenvalue weighted by Gasteiger charge is -2.27. The highest BCUT2D eigenvalue weighted by atomic mass is 14.7. The molecule has 1 heteroatoms. The molecule has 0 saturated heterocycles. The fourth-order valence-corrected chi connectivity index (χ4v) is 2.22. The van der Waals surface area contributed by atoms with Crippen molar-refractivity contribution >= 4 is 0 Å². The van der Waals surface area contributed by atoms with Crippen molar-refractivity contribution in [1.29, 1.82) is 0 Å². The molecule has 0 aromatic carbocycles. The van der Waals surface area contributed by atoms with Crippen LogP contribution in [0.2, 0.25) is 0 Å². The molecule has 17 heavy (non-hydrogen) atoms. The van der Waals surface area contributed by atoms with Gasteiger partial charge in [0.1, 0.15) is 0 Å². The first kappa shape index (κ1) is 14.2. The summed E-state index contributed by atoms with van der Waals surface area (Å²) in [7, 11) is 0. The highest BCUT2D eigenvalue weighted by molar-refractivity contribution is 5.30. The fraction of sp³-hybridized carbons (Fsp3) is 0.688. The molecule has 1 heterocycles. The number of pyridine rings is 1. The van der Waals surface area contributed by atoms with Gasteiger partial charge in [0.25, 0.3) is 0 Å². The summed E-state index contributed by atoms with van der Waals surface area (Å²) in [5.41, 5.74) is 2.99. The Morgan fingerprint density at radius 2 is 2.00 bits per heavy atom. The Hall–Kier alpha value is -0.850. The van der Waals surface area contributed by atoms with Crippen LogP contribution in [0.3, 0.4) is 0 Å². The highest BCUT2D eigenvalue weighted by Crippen LogP contribution is 2.33. The third kappa shape index (κ3) is 3.55. The van der Waals surface area contributed by atoms with Crippen molar-refractivity contribution in [2.75, 3.05) is 0 Å². The van der Waals surface area contributed by atoms with Crippen LogP contribution in [0.5, 0.6) is 0 Å². The first-order valence-corrected chi connectivity index (χ1v) is 6.98. The maximum atomic E-state index is 4.65. The van der Waals surface area contributed by atoms with Crippen LogP contribution in [0.4, 0.5) is 0 Å². The molecule has 1 aromatic heterocycles. The van der Waals surface area contributed by atoms with E-state index in [2.05, 4.69) is 51.7 Å². The molecule has 0 bridgehead atoms. The van der Waals surface area contributed by atoms with E-state index in [0.717, 1.165) is 6.42 Å². The molecule has 1 aromatic rings. The Bertz CT molecular complexity index is 341. The first-order chi connectivity index (χ1) is 8.03. The van der Waals surface area contributed by atoms with Crippen molar-refractivity contribution in [1.82, 2.24) is 4.98 Å². The lowest BCUT2D eigenvalue weighted by Crippen LogP contribution is -2.19. The highest BCUT2D eigenvalue weighted by Gasteiger charge is 2.24. The van der Waals surface area contributed by atoms with Gasteiger partial charge in [0.05, 0.1) is 0 Å². The average Bonchev–Trinajstić information content (AvgIpc) is 2.36. The van der Waals surface area contributed by atoms with Gasteiger partial charge in [-0.05, 0) is 35.8 Å². The van der Waals surface area contributed by atoms with Crippen LogP contribution in [0, 0.1) is 0 Å². The van der Waals surface area contributed by atoms with Gasteiger partial charge in [-0.25, -0.2) is 0 Å². The molecule has 0 aliphatic rings. The summed E-state index contributed by atoms with van der Waals surface area (Å²) < 4.78 is 0.